The van der Waals surface area contributed by atoms with E-state index in [1.54, 1.807) is 12.1 Å². The number of hydrogen-bond donors (Lipinski definition) is 1. The molecule has 1 aliphatic rings. The Kier molecular flexibility index (Phi) is 5.14. The van der Waals surface area contributed by atoms with Crippen LogP contribution in [0.25, 0.3) is 0 Å². The molecule has 3 heteroatoms. The molecule has 1 aromatic carbocycles. The zero-order valence-electron chi connectivity index (χ0n) is 12.6. The van der Waals surface area contributed by atoms with Crippen molar-refractivity contribution >= 4 is 0 Å². The monoisotopic (exact) mass is 281 g/mol. The molecule has 1 aromatic rings. The fourth-order valence-electron chi connectivity index (χ4n) is 3.26. The summed E-state index contributed by atoms with van der Waals surface area (Å²) in [6.45, 7) is 7.31. The maximum Gasteiger partial charge on any atom is 0.162 e. The Morgan fingerprint density at radius 2 is 2.00 bits per heavy atom. The van der Waals surface area contributed by atoms with Crippen LogP contribution in [0.4, 0.5) is 8.78 Å². The molecular weight excluding hydrogens is 256 g/mol. The van der Waals surface area contributed by atoms with Crippen molar-refractivity contribution < 1.29 is 8.78 Å². The lowest BCUT2D eigenvalue weighted by Crippen LogP contribution is -2.35. The molecule has 0 radical (unpaired) electrons. The lowest BCUT2D eigenvalue weighted by atomic mass is 9.71. The zero-order valence-corrected chi connectivity index (χ0v) is 12.6. The van der Waals surface area contributed by atoms with Gasteiger partial charge in [0, 0.05) is 6.04 Å². The fraction of sp³-hybridized carbons (Fsp3) is 0.647. The van der Waals surface area contributed by atoms with Gasteiger partial charge in [0.15, 0.2) is 11.6 Å². The van der Waals surface area contributed by atoms with Crippen molar-refractivity contribution in [2.24, 2.45) is 11.8 Å². The highest BCUT2D eigenvalue weighted by molar-refractivity contribution is 5.24. The van der Waals surface area contributed by atoms with Crippen LogP contribution in [-0.4, -0.2) is 12.6 Å². The molecule has 1 fully saturated rings. The maximum absolute atomic E-state index is 14.1. The summed E-state index contributed by atoms with van der Waals surface area (Å²) in [5.74, 6) is -0.277. The van der Waals surface area contributed by atoms with Gasteiger partial charge in [0.2, 0.25) is 0 Å². The van der Waals surface area contributed by atoms with E-state index in [-0.39, 0.29) is 5.92 Å². The first kappa shape index (κ1) is 15.4. The van der Waals surface area contributed by atoms with Gasteiger partial charge in [-0.1, -0.05) is 39.3 Å². The second-order valence-corrected chi connectivity index (χ2v) is 6.49. The van der Waals surface area contributed by atoms with Gasteiger partial charge in [-0.25, -0.2) is 8.78 Å². The highest BCUT2D eigenvalue weighted by Crippen LogP contribution is 2.41. The SMILES string of the molecule is CC1CCC(CNC(C)C)C(c2cccc(F)c2F)C1. The molecule has 1 nitrogen and oxygen atoms in total. The van der Waals surface area contributed by atoms with Crippen LogP contribution < -0.4 is 5.32 Å². The smallest absolute Gasteiger partial charge is 0.162 e. The minimum atomic E-state index is -0.726. The van der Waals surface area contributed by atoms with Crippen LogP contribution in [0.1, 0.15) is 51.5 Å². The number of halogens is 2. The summed E-state index contributed by atoms with van der Waals surface area (Å²) >= 11 is 0. The predicted molar refractivity (Wildman–Crippen MR) is 78.7 cm³/mol. The van der Waals surface area contributed by atoms with E-state index in [0.29, 0.717) is 23.4 Å². The lowest BCUT2D eigenvalue weighted by molar-refractivity contribution is 0.233. The van der Waals surface area contributed by atoms with E-state index >= 15 is 0 Å². The van der Waals surface area contributed by atoms with Gasteiger partial charge in [0.05, 0.1) is 0 Å². The third kappa shape index (κ3) is 3.57. The van der Waals surface area contributed by atoms with E-state index in [9.17, 15) is 8.78 Å². The van der Waals surface area contributed by atoms with Gasteiger partial charge in [-0.05, 0) is 48.8 Å². The van der Waals surface area contributed by atoms with E-state index in [2.05, 4.69) is 26.1 Å². The molecule has 3 unspecified atom stereocenters. The van der Waals surface area contributed by atoms with Crippen LogP contribution in [-0.2, 0) is 0 Å². The van der Waals surface area contributed by atoms with E-state index in [1.807, 2.05) is 0 Å². The summed E-state index contributed by atoms with van der Waals surface area (Å²) in [7, 11) is 0. The minimum absolute atomic E-state index is 0.126. The Bertz CT molecular complexity index is 445. The summed E-state index contributed by atoms with van der Waals surface area (Å²) in [5.41, 5.74) is 0.562. The first-order valence-corrected chi connectivity index (χ1v) is 7.66. The topological polar surface area (TPSA) is 12.0 Å². The predicted octanol–water partition coefficient (Wildman–Crippen LogP) is 4.48. The Labute approximate surface area is 120 Å². The molecule has 0 spiro atoms. The van der Waals surface area contributed by atoms with Crippen LogP contribution in [0.3, 0.4) is 0 Å². The average Bonchev–Trinajstić information content (AvgIpc) is 2.40. The van der Waals surface area contributed by atoms with Gasteiger partial charge >= 0.3 is 0 Å². The minimum Gasteiger partial charge on any atom is -0.314 e. The summed E-state index contributed by atoms with van der Waals surface area (Å²) in [5, 5.41) is 3.45. The Morgan fingerprint density at radius 3 is 2.70 bits per heavy atom. The molecule has 1 N–H and O–H groups in total. The van der Waals surface area contributed by atoms with Gasteiger partial charge < -0.3 is 5.32 Å². The molecule has 0 heterocycles. The summed E-state index contributed by atoms with van der Waals surface area (Å²) in [6, 6.07) is 5.00. The van der Waals surface area contributed by atoms with Crippen LogP contribution in [0, 0.1) is 23.5 Å². The van der Waals surface area contributed by atoms with E-state index < -0.39 is 11.6 Å². The van der Waals surface area contributed by atoms with Crippen molar-refractivity contribution in [3.8, 4) is 0 Å². The van der Waals surface area contributed by atoms with Crippen LogP contribution >= 0.6 is 0 Å². The number of rotatable bonds is 4. The Morgan fingerprint density at radius 1 is 1.25 bits per heavy atom. The molecule has 112 valence electrons. The lowest BCUT2D eigenvalue weighted by Gasteiger charge is -2.36. The molecule has 0 saturated heterocycles. The maximum atomic E-state index is 14.1. The molecule has 20 heavy (non-hydrogen) atoms. The molecule has 0 aliphatic heterocycles. The van der Waals surface area contributed by atoms with Crippen molar-refractivity contribution in [2.75, 3.05) is 6.54 Å². The Hall–Kier alpha value is -0.960. The first-order valence-electron chi connectivity index (χ1n) is 7.66. The van der Waals surface area contributed by atoms with Gasteiger partial charge in [-0.15, -0.1) is 0 Å². The van der Waals surface area contributed by atoms with Crippen LogP contribution in [0.5, 0.6) is 0 Å². The average molecular weight is 281 g/mol. The standard InChI is InChI=1S/C17H25F2N/c1-11(2)20-10-13-8-7-12(3)9-15(13)14-5-4-6-16(18)17(14)19/h4-6,11-13,15,20H,7-10H2,1-3H3. The summed E-state index contributed by atoms with van der Waals surface area (Å²) in [6.07, 6.45) is 3.21. The molecule has 0 amide bonds. The number of hydrogen-bond acceptors (Lipinski definition) is 1. The fourth-order valence-corrected chi connectivity index (χ4v) is 3.26. The highest BCUT2D eigenvalue weighted by Gasteiger charge is 2.32. The number of benzene rings is 1. The normalized spacial score (nSPS) is 27.0. The van der Waals surface area contributed by atoms with Crippen molar-refractivity contribution in [1.29, 1.82) is 0 Å². The molecule has 2 rings (SSSR count). The third-order valence-corrected chi connectivity index (χ3v) is 4.42. The highest BCUT2D eigenvalue weighted by atomic mass is 19.2. The van der Waals surface area contributed by atoms with E-state index in [0.717, 1.165) is 19.4 Å². The molecule has 0 bridgehead atoms. The molecule has 1 saturated carbocycles. The summed E-state index contributed by atoms with van der Waals surface area (Å²) < 4.78 is 27.6. The summed E-state index contributed by atoms with van der Waals surface area (Å²) in [4.78, 5) is 0. The Balaban J connectivity index is 2.21. The van der Waals surface area contributed by atoms with Crippen LogP contribution in [0.15, 0.2) is 18.2 Å². The van der Waals surface area contributed by atoms with Gasteiger partial charge in [-0.3, -0.25) is 0 Å². The van der Waals surface area contributed by atoms with Crippen molar-refractivity contribution in [2.45, 2.75) is 52.0 Å². The van der Waals surface area contributed by atoms with Gasteiger partial charge in [0.25, 0.3) is 0 Å². The van der Waals surface area contributed by atoms with Crippen LogP contribution in [0.2, 0.25) is 0 Å². The van der Waals surface area contributed by atoms with E-state index in [4.69, 9.17) is 0 Å². The second-order valence-electron chi connectivity index (χ2n) is 6.49. The van der Waals surface area contributed by atoms with Crippen molar-refractivity contribution in [3.63, 3.8) is 0 Å². The molecule has 3 atom stereocenters. The van der Waals surface area contributed by atoms with Crippen molar-refractivity contribution in [1.82, 2.24) is 5.32 Å². The molecular formula is C17H25F2N. The van der Waals surface area contributed by atoms with Crippen molar-refractivity contribution in [3.05, 3.63) is 35.4 Å². The molecule has 0 aromatic heterocycles. The number of nitrogens with one attached hydrogen (secondary N) is 1. The quantitative estimate of drug-likeness (QED) is 0.858. The second kappa shape index (κ2) is 6.66. The van der Waals surface area contributed by atoms with E-state index in [1.165, 1.54) is 12.5 Å². The zero-order chi connectivity index (χ0) is 14.7. The first-order chi connectivity index (χ1) is 9.49. The largest absolute Gasteiger partial charge is 0.314 e. The third-order valence-electron chi connectivity index (χ3n) is 4.42. The molecule has 1 aliphatic carbocycles. The van der Waals surface area contributed by atoms with Gasteiger partial charge in [-0.2, -0.15) is 0 Å². The van der Waals surface area contributed by atoms with Gasteiger partial charge in [0.1, 0.15) is 0 Å².